The number of hydrogen-bond donors (Lipinski definition) is 1. The van der Waals surface area contributed by atoms with Gasteiger partial charge in [-0.2, -0.15) is 0 Å². The first-order valence-electron chi connectivity index (χ1n) is 6.08. The van der Waals surface area contributed by atoms with E-state index in [2.05, 4.69) is 37.7 Å². The zero-order valence-corrected chi connectivity index (χ0v) is 11.2. The predicted octanol–water partition coefficient (Wildman–Crippen LogP) is 2.97. The van der Waals surface area contributed by atoms with Crippen LogP contribution in [0.3, 0.4) is 0 Å². The quantitative estimate of drug-likeness (QED) is 0.381. The summed E-state index contributed by atoms with van der Waals surface area (Å²) in [6, 6.07) is 0. The molecule has 0 unspecified atom stereocenters. The van der Waals surface area contributed by atoms with Crippen LogP contribution in [0.25, 0.3) is 0 Å². The molecule has 0 aliphatic heterocycles. The normalized spacial score (nSPS) is 37.9. The van der Waals surface area contributed by atoms with Crippen LogP contribution in [0.4, 0.5) is 0 Å². The van der Waals surface area contributed by atoms with Gasteiger partial charge in [0.15, 0.2) is 0 Å². The van der Waals surface area contributed by atoms with Gasteiger partial charge >= 0.3 is 0 Å². The smallest absolute Gasteiger partial charge is 0.129 e. The lowest BCUT2D eigenvalue weighted by Crippen LogP contribution is -2.38. The maximum Gasteiger partial charge on any atom is 0.129 e. The summed E-state index contributed by atoms with van der Waals surface area (Å²) in [5, 5.41) is 10.5. The van der Waals surface area contributed by atoms with Crippen LogP contribution in [0.2, 0.25) is 19.6 Å². The Labute approximate surface area is 96.0 Å². The standard InChI is InChI=1S/C13H22OSi/c1-11-6-7-13(14,12(2)10-11)8-9-15(3,4)5/h12,14H,1,6-7,10H2,2-5H3/t12-,13-/m1/s1/i6T/t6-,12-,13-. The van der Waals surface area contributed by atoms with E-state index in [9.17, 15) is 5.11 Å². The fourth-order valence-corrected chi connectivity index (χ4v) is 2.21. The van der Waals surface area contributed by atoms with Crippen LogP contribution in [-0.2, 0) is 0 Å². The van der Waals surface area contributed by atoms with Crippen LogP contribution in [0.15, 0.2) is 12.2 Å². The number of aliphatic hydroxyl groups is 1. The van der Waals surface area contributed by atoms with E-state index in [1.54, 1.807) is 0 Å². The second-order valence-electron chi connectivity index (χ2n) is 5.60. The Kier molecular flexibility index (Phi) is 3.04. The molecule has 1 nitrogen and oxygen atoms in total. The lowest BCUT2D eigenvalue weighted by atomic mass is 9.75. The minimum Gasteiger partial charge on any atom is -0.377 e. The summed E-state index contributed by atoms with van der Waals surface area (Å²) in [5.74, 6) is 3.13. The van der Waals surface area contributed by atoms with Crippen molar-refractivity contribution in [3.05, 3.63) is 12.2 Å². The van der Waals surface area contributed by atoms with Crippen LogP contribution in [-0.4, -0.2) is 18.8 Å². The highest BCUT2D eigenvalue weighted by Crippen LogP contribution is 2.35. The molecule has 15 heavy (non-hydrogen) atoms. The van der Waals surface area contributed by atoms with Gasteiger partial charge in [0.1, 0.15) is 13.7 Å². The summed E-state index contributed by atoms with van der Waals surface area (Å²) in [5.41, 5.74) is 3.17. The predicted molar refractivity (Wildman–Crippen MR) is 68.2 cm³/mol. The minimum atomic E-state index is -1.46. The van der Waals surface area contributed by atoms with Crippen molar-refractivity contribution in [3.8, 4) is 11.5 Å². The van der Waals surface area contributed by atoms with Crippen LogP contribution < -0.4 is 0 Å². The van der Waals surface area contributed by atoms with Gasteiger partial charge in [-0.05, 0) is 25.2 Å². The largest absolute Gasteiger partial charge is 0.377 e. The molecule has 0 heterocycles. The summed E-state index contributed by atoms with van der Waals surface area (Å²) < 4.78 is 7.84. The molecule has 0 bridgehead atoms. The molecule has 0 amide bonds. The van der Waals surface area contributed by atoms with E-state index in [4.69, 9.17) is 1.37 Å². The molecular formula is C13H22OSi. The van der Waals surface area contributed by atoms with Crippen molar-refractivity contribution in [3.63, 3.8) is 0 Å². The van der Waals surface area contributed by atoms with Crippen molar-refractivity contribution in [2.45, 2.75) is 51.4 Å². The zero-order chi connectivity index (χ0) is 12.6. The van der Waals surface area contributed by atoms with E-state index in [0.717, 1.165) is 5.57 Å². The average Bonchev–Trinajstić information content (AvgIpc) is 2.11. The van der Waals surface area contributed by atoms with E-state index in [1.807, 2.05) is 6.92 Å². The summed E-state index contributed by atoms with van der Waals surface area (Å²) in [4.78, 5) is 0. The minimum absolute atomic E-state index is 0.0884. The molecule has 0 spiro atoms. The molecule has 1 N–H and O–H groups in total. The van der Waals surface area contributed by atoms with Crippen LogP contribution in [0, 0.1) is 17.4 Å². The maximum absolute atomic E-state index is 10.5. The summed E-state index contributed by atoms with van der Waals surface area (Å²) in [6.07, 6.45) is 0.757. The highest BCUT2D eigenvalue weighted by atomic mass is 28.3. The third-order valence-electron chi connectivity index (χ3n) is 2.74. The Morgan fingerprint density at radius 3 is 2.73 bits per heavy atom. The Morgan fingerprint density at radius 1 is 1.60 bits per heavy atom. The average molecular weight is 224 g/mol. The van der Waals surface area contributed by atoms with Crippen molar-refractivity contribution in [1.82, 2.24) is 0 Å². The lowest BCUT2D eigenvalue weighted by molar-refractivity contribution is 0.0254. The van der Waals surface area contributed by atoms with E-state index < -0.39 is 13.7 Å². The van der Waals surface area contributed by atoms with E-state index >= 15 is 0 Å². The molecule has 1 aliphatic rings. The molecule has 1 fully saturated rings. The van der Waals surface area contributed by atoms with Gasteiger partial charge in [0.2, 0.25) is 0 Å². The van der Waals surface area contributed by atoms with Gasteiger partial charge in [-0.1, -0.05) is 44.6 Å². The molecule has 84 valence electrons. The molecule has 0 aromatic heterocycles. The maximum atomic E-state index is 10.5. The van der Waals surface area contributed by atoms with Crippen LogP contribution in [0.1, 0.15) is 27.5 Å². The van der Waals surface area contributed by atoms with E-state index in [1.165, 1.54) is 0 Å². The van der Waals surface area contributed by atoms with Gasteiger partial charge in [-0.15, -0.1) is 5.54 Å². The SMILES string of the molecule is [3H][C@@H]1C[C@@](O)(C#C[Si](C)(C)C)[C@H](C)CC1=C. The summed E-state index contributed by atoms with van der Waals surface area (Å²) in [6.45, 7) is 12.4. The molecule has 0 radical (unpaired) electrons. The Bertz CT molecular complexity index is 347. The van der Waals surface area contributed by atoms with Gasteiger partial charge in [0.05, 0.1) is 0 Å². The first kappa shape index (κ1) is 11.0. The molecule has 0 aromatic rings. The fraction of sp³-hybridized carbons (Fsp3) is 0.692. The van der Waals surface area contributed by atoms with Crippen LogP contribution >= 0.6 is 0 Å². The fourth-order valence-electron chi connectivity index (χ4n) is 1.62. The highest BCUT2D eigenvalue weighted by molar-refractivity contribution is 6.83. The van der Waals surface area contributed by atoms with Crippen LogP contribution in [0.5, 0.6) is 0 Å². The summed E-state index contributed by atoms with van der Waals surface area (Å²) >= 11 is 0. The van der Waals surface area contributed by atoms with Gasteiger partial charge in [-0.25, -0.2) is 0 Å². The zero-order valence-electron chi connectivity index (χ0n) is 11.2. The van der Waals surface area contributed by atoms with Gasteiger partial charge in [0, 0.05) is 1.37 Å². The molecular weight excluding hydrogens is 200 g/mol. The Morgan fingerprint density at radius 2 is 2.20 bits per heavy atom. The first-order chi connectivity index (χ1) is 7.14. The van der Waals surface area contributed by atoms with Gasteiger partial charge < -0.3 is 5.11 Å². The molecule has 2 heteroatoms. The van der Waals surface area contributed by atoms with Crippen molar-refractivity contribution in [2.75, 3.05) is 0 Å². The molecule has 1 rings (SSSR count). The Hall–Kier alpha value is -0.523. The third-order valence-corrected chi connectivity index (χ3v) is 3.61. The van der Waals surface area contributed by atoms with Crippen molar-refractivity contribution in [2.24, 2.45) is 5.92 Å². The second-order valence-corrected chi connectivity index (χ2v) is 10.3. The van der Waals surface area contributed by atoms with E-state index in [-0.39, 0.29) is 12.3 Å². The molecule has 1 aliphatic carbocycles. The lowest BCUT2D eigenvalue weighted by Gasteiger charge is -2.35. The van der Waals surface area contributed by atoms with Gasteiger partial charge in [-0.3, -0.25) is 0 Å². The van der Waals surface area contributed by atoms with Crippen molar-refractivity contribution in [1.29, 1.82) is 0 Å². The third kappa shape index (κ3) is 3.51. The van der Waals surface area contributed by atoms with Crippen molar-refractivity contribution >= 4 is 8.07 Å². The molecule has 1 saturated carbocycles. The van der Waals surface area contributed by atoms with E-state index in [0.29, 0.717) is 12.8 Å². The monoisotopic (exact) mass is 224 g/mol. The Balaban J connectivity index is 2.91. The molecule has 0 saturated heterocycles. The number of hydrogen-bond acceptors (Lipinski definition) is 1. The number of rotatable bonds is 0. The number of allylic oxidation sites excluding steroid dienone is 1. The van der Waals surface area contributed by atoms with Crippen molar-refractivity contribution < 1.29 is 6.48 Å². The highest BCUT2D eigenvalue weighted by Gasteiger charge is 2.35. The first-order valence-corrected chi connectivity index (χ1v) is 9.01. The summed E-state index contributed by atoms with van der Waals surface area (Å²) in [7, 11) is -1.46. The molecule has 3 atom stereocenters. The second kappa shape index (κ2) is 4.15. The molecule has 0 aromatic carbocycles. The van der Waals surface area contributed by atoms with Gasteiger partial charge in [0.25, 0.3) is 0 Å². The topological polar surface area (TPSA) is 20.2 Å².